The second kappa shape index (κ2) is 9.23. The Hall–Kier alpha value is -1.65. The lowest BCUT2D eigenvalue weighted by Crippen LogP contribution is -2.51. The summed E-state index contributed by atoms with van der Waals surface area (Å²) in [5.74, 6) is -1.20. The largest absolute Gasteiger partial charge is 0.444 e. The molecule has 1 saturated heterocycles. The van der Waals surface area contributed by atoms with E-state index in [0.717, 1.165) is 5.56 Å². The highest BCUT2D eigenvalue weighted by Gasteiger charge is 2.27. The highest BCUT2D eigenvalue weighted by atomic mass is 32.2. The van der Waals surface area contributed by atoms with Crippen molar-refractivity contribution in [1.82, 2.24) is 14.5 Å². The highest BCUT2D eigenvalue weighted by Crippen LogP contribution is 2.18. The lowest BCUT2D eigenvalue weighted by atomic mass is 10.1. The molecule has 2 rings (SSSR count). The SMILES string of the molecule is CC(C(=O)NS(=O)(=O)CCN1CCN(C(=O)OC(C)(C)C)CC1)c1ccsc1. The fraction of sp³-hybridized carbons (Fsp3) is 0.667. The Labute approximate surface area is 170 Å². The van der Waals surface area contributed by atoms with Crippen molar-refractivity contribution in [3.8, 4) is 0 Å². The minimum absolute atomic E-state index is 0.165. The van der Waals surface area contributed by atoms with Gasteiger partial charge in [0.15, 0.2) is 0 Å². The van der Waals surface area contributed by atoms with Crippen LogP contribution in [0.15, 0.2) is 16.8 Å². The molecule has 1 aliphatic rings. The third kappa shape index (κ3) is 7.06. The molecule has 0 saturated carbocycles. The first-order chi connectivity index (χ1) is 13.0. The molecule has 0 aromatic carbocycles. The number of amides is 2. The Morgan fingerprint density at radius 3 is 2.43 bits per heavy atom. The van der Waals surface area contributed by atoms with Crippen LogP contribution in [0.5, 0.6) is 0 Å². The molecule has 1 aromatic heterocycles. The van der Waals surface area contributed by atoms with E-state index in [-0.39, 0.29) is 11.8 Å². The Balaban J connectivity index is 1.76. The fourth-order valence-corrected chi connectivity index (χ4v) is 4.53. The molecule has 10 heteroatoms. The first kappa shape index (κ1) is 22.6. The van der Waals surface area contributed by atoms with Crippen molar-refractivity contribution >= 4 is 33.4 Å². The van der Waals surface area contributed by atoms with Crippen LogP contribution in [-0.4, -0.2) is 74.3 Å². The van der Waals surface area contributed by atoms with Gasteiger partial charge in [-0.3, -0.25) is 14.4 Å². The van der Waals surface area contributed by atoms with Gasteiger partial charge in [0.05, 0.1) is 11.7 Å². The van der Waals surface area contributed by atoms with Gasteiger partial charge in [-0.15, -0.1) is 0 Å². The molecule has 8 nitrogen and oxygen atoms in total. The van der Waals surface area contributed by atoms with E-state index in [2.05, 4.69) is 4.72 Å². The number of hydrogen-bond acceptors (Lipinski definition) is 7. The van der Waals surface area contributed by atoms with E-state index in [0.29, 0.717) is 32.7 Å². The van der Waals surface area contributed by atoms with Gasteiger partial charge in [0, 0.05) is 32.7 Å². The number of rotatable bonds is 6. The van der Waals surface area contributed by atoms with E-state index in [9.17, 15) is 18.0 Å². The number of piperazine rings is 1. The average molecular weight is 432 g/mol. The first-order valence-corrected chi connectivity index (χ1v) is 11.8. The van der Waals surface area contributed by atoms with Gasteiger partial charge in [0.1, 0.15) is 5.60 Å². The summed E-state index contributed by atoms with van der Waals surface area (Å²) >= 11 is 1.46. The molecular formula is C18H29N3O5S2. The zero-order valence-electron chi connectivity index (χ0n) is 16.8. The minimum Gasteiger partial charge on any atom is -0.444 e. The second-order valence-electron chi connectivity index (χ2n) is 7.87. The average Bonchev–Trinajstić information content (AvgIpc) is 3.12. The zero-order chi connectivity index (χ0) is 20.9. The molecule has 158 valence electrons. The standard InChI is InChI=1S/C18H29N3O5S2/c1-14(15-5-11-27-13-15)16(22)19-28(24,25)12-10-20-6-8-21(9-7-20)17(23)26-18(2,3)4/h5,11,13-14H,6-10,12H2,1-4H3,(H,19,22). The maximum Gasteiger partial charge on any atom is 0.410 e. The second-order valence-corrected chi connectivity index (χ2v) is 10.5. The summed E-state index contributed by atoms with van der Waals surface area (Å²) < 4.78 is 32.0. The zero-order valence-corrected chi connectivity index (χ0v) is 18.4. The van der Waals surface area contributed by atoms with E-state index in [1.54, 1.807) is 11.8 Å². The van der Waals surface area contributed by atoms with Crippen molar-refractivity contribution in [2.24, 2.45) is 0 Å². The van der Waals surface area contributed by atoms with Gasteiger partial charge in [-0.2, -0.15) is 11.3 Å². The van der Waals surface area contributed by atoms with E-state index in [4.69, 9.17) is 4.74 Å². The molecule has 1 atom stereocenters. The molecule has 0 spiro atoms. The van der Waals surface area contributed by atoms with Crippen molar-refractivity contribution in [3.63, 3.8) is 0 Å². The Bertz CT molecular complexity index is 764. The molecule has 28 heavy (non-hydrogen) atoms. The van der Waals surface area contributed by atoms with Crippen molar-refractivity contribution in [2.45, 2.75) is 39.2 Å². The number of ether oxygens (including phenoxy) is 1. The number of carbonyl (C=O) groups excluding carboxylic acids is 2. The van der Waals surface area contributed by atoms with Crippen LogP contribution < -0.4 is 4.72 Å². The number of carbonyl (C=O) groups is 2. The summed E-state index contributed by atoms with van der Waals surface area (Å²) in [6.45, 7) is 9.54. The smallest absolute Gasteiger partial charge is 0.410 e. The number of sulfonamides is 1. The topological polar surface area (TPSA) is 96.0 Å². The first-order valence-electron chi connectivity index (χ1n) is 9.23. The van der Waals surface area contributed by atoms with Crippen LogP contribution in [0.1, 0.15) is 39.2 Å². The van der Waals surface area contributed by atoms with Crippen LogP contribution >= 0.6 is 11.3 Å². The molecule has 0 bridgehead atoms. The lowest BCUT2D eigenvalue weighted by molar-refractivity contribution is -0.120. The van der Waals surface area contributed by atoms with Crippen LogP contribution in [-0.2, 0) is 19.6 Å². The van der Waals surface area contributed by atoms with Gasteiger partial charge < -0.3 is 9.64 Å². The molecule has 0 aliphatic carbocycles. The quantitative estimate of drug-likeness (QED) is 0.738. The summed E-state index contributed by atoms with van der Waals surface area (Å²) in [4.78, 5) is 27.8. The fourth-order valence-electron chi connectivity index (χ4n) is 2.70. The van der Waals surface area contributed by atoms with Crippen molar-refractivity contribution in [3.05, 3.63) is 22.4 Å². The van der Waals surface area contributed by atoms with Crippen molar-refractivity contribution in [2.75, 3.05) is 38.5 Å². The van der Waals surface area contributed by atoms with Crippen LogP contribution in [0, 0.1) is 0 Å². The van der Waals surface area contributed by atoms with Crippen LogP contribution in [0.25, 0.3) is 0 Å². The number of thiophene rings is 1. The molecule has 1 aromatic rings. The summed E-state index contributed by atoms with van der Waals surface area (Å²) in [6, 6.07) is 1.81. The third-order valence-electron chi connectivity index (χ3n) is 4.39. The molecule has 2 amide bonds. The predicted molar refractivity (Wildman–Crippen MR) is 109 cm³/mol. The highest BCUT2D eigenvalue weighted by molar-refractivity contribution is 7.90. The molecule has 1 N–H and O–H groups in total. The van der Waals surface area contributed by atoms with E-state index >= 15 is 0 Å². The minimum atomic E-state index is -3.71. The normalized spacial score (nSPS) is 17.2. The van der Waals surface area contributed by atoms with E-state index < -0.39 is 27.4 Å². The lowest BCUT2D eigenvalue weighted by Gasteiger charge is -2.35. The number of hydrogen-bond donors (Lipinski definition) is 1. The van der Waals surface area contributed by atoms with Crippen LogP contribution in [0.2, 0.25) is 0 Å². The summed E-state index contributed by atoms with van der Waals surface area (Å²) in [6.07, 6.45) is -0.352. The summed E-state index contributed by atoms with van der Waals surface area (Å²) in [5, 5.41) is 3.69. The van der Waals surface area contributed by atoms with Gasteiger partial charge >= 0.3 is 6.09 Å². The molecule has 1 aliphatic heterocycles. The van der Waals surface area contributed by atoms with Crippen molar-refractivity contribution < 1.29 is 22.7 Å². The molecular weight excluding hydrogens is 402 g/mol. The summed E-state index contributed by atoms with van der Waals surface area (Å²) in [5.41, 5.74) is 0.261. The van der Waals surface area contributed by atoms with Gasteiger partial charge in [-0.25, -0.2) is 13.2 Å². The number of nitrogens with one attached hydrogen (secondary N) is 1. The predicted octanol–water partition coefficient (Wildman–Crippen LogP) is 1.85. The molecule has 0 radical (unpaired) electrons. The summed E-state index contributed by atoms with van der Waals surface area (Å²) in [7, 11) is -3.71. The van der Waals surface area contributed by atoms with E-state index in [1.165, 1.54) is 11.3 Å². The Morgan fingerprint density at radius 1 is 1.25 bits per heavy atom. The molecule has 2 heterocycles. The Kier molecular flexibility index (Phi) is 7.46. The monoisotopic (exact) mass is 431 g/mol. The van der Waals surface area contributed by atoms with Crippen LogP contribution in [0.4, 0.5) is 4.79 Å². The van der Waals surface area contributed by atoms with Gasteiger partial charge in [-0.05, 0) is 50.1 Å². The molecule has 1 fully saturated rings. The van der Waals surface area contributed by atoms with E-state index in [1.807, 2.05) is 42.5 Å². The maximum absolute atomic E-state index is 12.2. The maximum atomic E-state index is 12.2. The Morgan fingerprint density at radius 2 is 1.89 bits per heavy atom. The van der Waals surface area contributed by atoms with Crippen molar-refractivity contribution in [1.29, 1.82) is 0 Å². The number of nitrogens with zero attached hydrogens (tertiary/aromatic N) is 2. The van der Waals surface area contributed by atoms with Gasteiger partial charge in [0.2, 0.25) is 15.9 Å². The third-order valence-corrected chi connectivity index (χ3v) is 6.33. The van der Waals surface area contributed by atoms with Crippen LogP contribution in [0.3, 0.4) is 0 Å². The van der Waals surface area contributed by atoms with Gasteiger partial charge in [-0.1, -0.05) is 0 Å². The molecule has 1 unspecified atom stereocenters. The van der Waals surface area contributed by atoms with Gasteiger partial charge in [0.25, 0.3) is 0 Å².